The predicted octanol–water partition coefficient (Wildman–Crippen LogP) is 7.87. The number of hydrogen-bond acceptors (Lipinski definition) is 2. The summed E-state index contributed by atoms with van der Waals surface area (Å²) in [4.78, 5) is 0. The van der Waals surface area contributed by atoms with E-state index in [1.54, 1.807) is 7.11 Å². The van der Waals surface area contributed by atoms with Crippen LogP contribution in [0.1, 0.15) is 35.1 Å². The molecule has 0 saturated carbocycles. The smallest absolute Gasteiger partial charge is 0.119 e. The van der Waals surface area contributed by atoms with Gasteiger partial charge in [0.15, 0.2) is 0 Å². The summed E-state index contributed by atoms with van der Waals surface area (Å²) in [5.41, 5.74) is 8.25. The third-order valence-corrected chi connectivity index (χ3v) is 7.63. The summed E-state index contributed by atoms with van der Waals surface area (Å²) in [6.45, 7) is 0. The van der Waals surface area contributed by atoms with Gasteiger partial charge in [-0.1, -0.05) is 66.7 Å². The maximum Gasteiger partial charge on any atom is 0.119 e. The van der Waals surface area contributed by atoms with Crippen LogP contribution in [0.2, 0.25) is 0 Å². The van der Waals surface area contributed by atoms with Gasteiger partial charge in [-0.05, 0) is 86.5 Å². The van der Waals surface area contributed by atoms with Gasteiger partial charge >= 0.3 is 0 Å². The molecule has 2 aliphatic rings. The molecule has 0 radical (unpaired) electrons. The maximum atomic E-state index is 5.68. The van der Waals surface area contributed by atoms with E-state index in [0.29, 0.717) is 5.92 Å². The van der Waals surface area contributed by atoms with E-state index in [-0.39, 0.29) is 6.04 Å². The number of anilines is 1. The van der Waals surface area contributed by atoms with Crippen molar-refractivity contribution in [3.8, 4) is 16.9 Å². The number of methoxy groups -OCH3 is 1. The van der Waals surface area contributed by atoms with Gasteiger partial charge < -0.3 is 10.1 Å². The molecule has 0 aromatic heterocycles. The summed E-state index contributed by atoms with van der Waals surface area (Å²) in [7, 11) is 1.76. The molecule has 2 unspecified atom stereocenters. The SMILES string of the molecule is COc1ccc2c(c1)C(Nc1ccccc1)C1CCc3cccc4c3c1c-2c1ccccc14. The Hall–Kier alpha value is -3.78. The van der Waals surface area contributed by atoms with E-state index in [4.69, 9.17) is 4.74 Å². The van der Waals surface area contributed by atoms with Crippen molar-refractivity contribution in [2.24, 2.45) is 0 Å². The highest BCUT2D eigenvalue weighted by atomic mass is 16.5. The van der Waals surface area contributed by atoms with Crippen LogP contribution in [0.25, 0.3) is 32.7 Å². The minimum Gasteiger partial charge on any atom is -0.497 e. The number of aryl methyl sites for hydroxylation is 1. The average Bonchev–Trinajstić information content (AvgIpc) is 2.88. The number of rotatable bonds is 3. The lowest BCUT2D eigenvalue weighted by Gasteiger charge is -2.41. The first kappa shape index (κ1) is 18.8. The van der Waals surface area contributed by atoms with Gasteiger partial charge in [-0.2, -0.15) is 0 Å². The Morgan fingerprint density at radius 3 is 2.42 bits per heavy atom. The third-order valence-electron chi connectivity index (χ3n) is 7.63. The van der Waals surface area contributed by atoms with Crippen LogP contribution in [-0.4, -0.2) is 7.11 Å². The third kappa shape index (κ3) is 2.67. The molecular formula is C31H25NO. The van der Waals surface area contributed by atoms with Crippen LogP contribution >= 0.6 is 0 Å². The molecule has 160 valence electrons. The van der Waals surface area contributed by atoms with Gasteiger partial charge in [-0.15, -0.1) is 0 Å². The second-order valence-corrected chi connectivity index (χ2v) is 9.26. The van der Waals surface area contributed by atoms with Gasteiger partial charge in [0.25, 0.3) is 0 Å². The zero-order valence-electron chi connectivity index (χ0n) is 18.6. The van der Waals surface area contributed by atoms with E-state index < -0.39 is 0 Å². The van der Waals surface area contributed by atoms with E-state index in [9.17, 15) is 0 Å². The first-order chi connectivity index (χ1) is 16.3. The highest BCUT2D eigenvalue weighted by Gasteiger charge is 2.38. The summed E-state index contributed by atoms with van der Waals surface area (Å²) >= 11 is 0. The van der Waals surface area contributed by atoms with Crippen molar-refractivity contribution in [2.45, 2.75) is 24.8 Å². The molecule has 0 spiro atoms. The Bertz CT molecular complexity index is 1540. The lowest BCUT2D eigenvalue weighted by molar-refractivity contribution is 0.413. The number of benzene rings is 5. The molecule has 7 rings (SSSR count). The van der Waals surface area contributed by atoms with Gasteiger partial charge in [-0.3, -0.25) is 0 Å². The topological polar surface area (TPSA) is 21.3 Å². The van der Waals surface area contributed by atoms with Crippen molar-refractivity contribution in [3.05, 3.63) is 108 Å². The normalized spacial score (nSPS) is 18.2. The van der Waals surface area contributed by atoms with Crippen LogP contribution in [0.5, 0.6) is 5.75 Å². The fourth-order valence-corrected chi connectivity index (χ4v) is 6.27. The van der Waals surface area contributed by atoms with E-state index in [1.165, 1.54) is 49.4 Å². The zero-order chi connectivity index (χ0) is 21.9. The lowest BCUT2D eigenvalue weighted by atomic mass is 9.67. The fourth-order valence-electron chi connectivity index (χ4n) is 6.27. The van der Waals surface area contributed by atoms with Gasteiger partial charge in [0, 0.05) is 11.6 Å². The molecule has 1 N–H and O–H groups in total. The Labute approximate surface area is 193 Å². The maximum absolute atomic E-state index is 5.68. The number of fused-ring (bicyclic) bond motifs is 5. The number of ether oxygens (including phenoxy) is 1. The minimum atomic E-state index is 0.197. The highest BCUT2D eigenvalue weighted by Crippen LogP contribution is 2.56. The lowest BCUT2D eigenvalue weighted by Crippen LogP contribution is -2.27. The predicted molar refractivity (Wildman–Crippen MR) is 137 cm³/mol. The van der Waals surface area contributed by atoms with Crippen LogP contribution < -0.4 is 10.1 Å². The summed E-state index contributed by atoms with van der Waals surface area (Å²) in [5.74, 6) is 1.32. The van der Waals surface area contributed by atoms with Crippen molar-refractivity contribution >= 4 is 27.2 Å². The molecule has 2 heteroatoms. The van der Waals surface area contributed by atoms with Crippen LogP contribution in [0.15, 0.2) is 91.0 Å². The summed E-state index contributed by atoms with van der Waals surface area (Å²) in [6, 6.07) is 33.3. The van der Waals surface area contributed by atoms with Crippen molar-refractivity contribution in [2.75, 3.05) is 12.4 Å². The molecule has 33 heavy (non-hydrogen) atoms. The number of para-hydroxylation sites is 1. The van der Waals surface area contributed by atoms with Crippen LogP contribution in [0.3, 0.4) is 0 Å². The second kappa shape index (κ2) is 7.11. The number of hydrogen-bond donors (Lipinski definition) is 1. The Morgan fingerprint density at radius 1 is 0.788 bits per heavy atom. The van der Waals surface area contributed by atoms with Crippen molar-refractivity contribution in [1.29, 1.82) is 0 Å². The molecular weight excluding hydrogens is 402 g/mol. The Kier molecular flexibility index (Phi) is 4.04. The van der Waals surface area contributed by atoms with Gasteiger partial charge in [0.2, 0.25) is 0 Å². The van der Waals surface area contributed by atoms with Crippen molar-refractivity contribution in [3.63, 3.8) is 0 Å². The quantitative estimate of drug-likeness (QED) is 0.296. The van der Waals surface area contributed by atoms with E-state index in [2.05, 4.69) is 96.3 Å². The molecule has 0 bridgehead atoms. The summed E-state index contributed by atoms with van der Waals surface area (Å²) < 4.78 is 5.68. The van der Waals surface area contributed by atoms with Crippen LogP contribution in [-0.2, 0) is 6.42 Å². The monoisotopic (exact) mass is 427 g/mol. The van der Waals surface area contributed by atoms with Gasteiger partial charge in [0.05, 0.1) is 13.2 Å². The van der Waals surface area contributed by atoms with Gasteiger partial charge in [-0.25, -0.2) is 0 Å². The van der Waals surface area contributed by atoms with Crippen molar-refractivity contribution < 1.29 is 4.74 Å². The van der Waals surface area contributed by atoms with Crippen LogP contribution in [0.4, 0.5) is 5.69 Å². The first-order valence-corrected chi connectivity index (χ1v) is 11.8. The molecule has 5 aromatic rings. The molecule has 0 fully saturated rings. The van der Waals surface area contributed by atoms with E-state index in [0.717, 1.165) is 24.3 Å². The second-order valence-electron chi connectivity index (χ2n) is 9.26. The molecule has 2 nitrogen and oxygen atoms in total. The minimum absolute atomic E-state index is 0.197. The molecule has 0 heterocycles. The standard InChI is InChI=1S/C31H25NO/c1-33-21-15-17-25-27(18-21)31(32-20-9-3-2-4-10-20)26-16-14-19-8-7-13-23-22-11-5-6-12-24(22)29(25)30(26)28(19)23/h2-13,15,17-18,26,31-32H,14,16H2,1H3. The average molecular weight is 428 g/mol. The fraction of sp³-hybridized carbons (Fsp3) is 0.161. The van der Waals surface area contributed by atoms with Gasteiger partial charge in [0.1, 0.15) is 5.75 Å². The molecule has 2 atom stereocenters. The Balaban J connectivity index is 1.60. The molecule has 2 aliphatic carbocycles. The number of nitrogens with one attached hydrogen (secondary N) is 1. The van der Waals surface area contributed by atoms with Crippen molar-refractivity contribution in [1.82, 2.24) is 0 Å². The summed E-state index contributed by atoms with van der Waals surface area (Å²) in [5, 5.41) is 9.49. The highest BCUT2D eigenvalue weighted by molar-refractivity contribution is 6.18. The van der Waals surface area contributed by atoms with E-state index >= 15 is 0 Å². The zero-order valence-corrected chi connectivity index (χ0v) is 18.6. The van der Waals surface area contributed by atoms with E-state index in [1.807, 2.05) is 0 Å². The molecule has 0 amide bonds. The first-order valence-electron chi connectivity index (χ1n) is 11.8. The molecule has 0 aliphatic heterocycles. The molecule has 0 saturated heterocycles. The Morgan fingerprint density at radius 2 is 1.58 bits per heavy atom. The summed E-state index contributed by atoms with van der Waals surface area (Å²) in [6.07, 6.45) is 2.25. The largest absolute Gasteiger partial charge is 0.497 e. The van der Waals surface area contributed by atoms with Crippen LogP contribution in [0, 0.1) is 0 Å². The molecule has 5 aromatic carbocycles.